The molecule has 2 aromatic carbocycles. The van der Waals surface area contributed by atoms with Crippen molar-refractivity contribution in [3.63, 3.8) is 0 Å². The normalized spacial score (nSPS) is 16.5. The molecule has 12 heterocycles. The number of pyridine rings is 4. The Bertz CT molecular complexity index is 4900. The van der Waals surface area contributed by atoms with Crippen LogP contribution in [0.1, 0.15) is 140 Å². The number of ether oxygens (including phenoxy) is 8. The number of rotatable bonds is 31. The molecule has 9 N–H and O–H groups in total. The van der Waals surface area contributed by atoms with E-state index in [9.17, 15) is 47.9 Å². The summed E-state index contributed by atoms with van der Waals surface area (Å²) in [6.07, 6.45) is 1.26. The van der Waals surface area contributed by atoms with Gasteiger partial charge in [-0.15, -0.1) is 0 Å². The Kier molecular flexibility index (Phi) is 44.0. The summed E-state index contributed by atoms with van der Waals surface area (Å²) >= 11 is 0. The number of unbranched alkanes of at least 4 members (excludes halogenated alkanes) is 1. The largest absolute Gasteiger partial charge is 0.482 e. The van der Waals surface area contributed by atoms with Crippen LogP contribution >= 0.6 is 0 Å². The molecule has 14 rings (SSSR count). The van der Waals surface area contributed by atoms with Crippen LogP contribution < -0.4 is 79.6 Å². The van der Waals surface area contributed by atoms with Crippen molar-refractivity contribution < 1.29 is 81.0 Å². The fraction of sp³-hybridized carbons (Fsp3) is 0.559. The van der Waals surface area contributed by atoms with Gasteiger partial charge in [-0.3, -0.25) is 77.1 Å². The number of alkyl carbamates (subject to hydrolysis) is 1. The van der Waals surface area contributed by atoms with Gasteiger partial charge >= 0.3 is 6.09 Å². The number of aryl methyl sites for hydroxylation is 4. The van der Waals surface area contributed by atoms with Crippen LogP contribution in [0.15, 0.2) is 104 Å². The van der Waals surface area contributed by atoms with Gasteiger partial charge in [-0.25, -0.2) is 4.79 Å². The second-order valence-electron chi connectivity index (χ2n) is 33.3. The molecule has 0 saturated heterocycles. The zero-order valence-corrected chi connectivity index (χ0v) is 77.9. The number of methoxy groups -OCH3 is 1. The molecule has 0 aliphatic carbocycles. The van der Waals surface area contributed by atoms with Gasteiger partial charge in [-0.05, 0) is 123 Å². The van der Waals surface area contributed by atoms with E-state index in [0.29, 0.717) is 114 Å². The van der Waals surface area contributed by atoms with Crippen molar-refractivity contribution >= 4 is 53.4 Å². The molecule has 718 valence electrons. The van der Waals surface area contributed by atoms with Gasteiger partial charge in [0.1, 0.15) is 45.0 Å². The molecule has 1 unspecified atom stereocenters. The Balaban J connectivity index is 1.16. The van der Waals surface area contributed by atoms with Crippen molar-refractivity contribution in [2.24, 2.45) is 0 Å². The summed E-state index contributed by atoms with van der Waals surface area (Å²) < 4.78 is 51.2. The number of hydrogen-bond donors (Lipinski definition) is 9. The first-order chi connectivity index (χ1) is 62.9. The predicted octanol–water partition coefficient (Wildman–Crippen LogP) is 2.25. The van der Waals surface area contributed by atoms with Gasteiger partial charge in [0.15, 0.2) is 11.5 Å². The van der Waals surface area contributed by atoms with Crippen LogP contribution in [0.3, 0.4) is 0 Å². The molecule has 0 radical (unpaired) electrons. The minimum absolute atomic E-state index is 0.0262. The molecule has 38 heteroatoms. The van der Waals surface area contributed by atoms with E-state index in [1.54, 1.807) is 116 Å². The summed E-state index contributed by atoms with van der Waals surface area (Å²) in [6.45, 7) is 21.3. The number of aromatic nitrogens is 4. The molecule has 4 aromatic heterocycles. The molecule has 38 nitrogen and oxygen atoms in total. The number of nitrogens with one attached hydrogen (secondary N) is 9. The van der Waals surface area contributed by atoms with Gasteiger partial charge in [0.2, 0.25) is 23.6 Å². The van der Waals surface area contributed by atoms with E-state index in [0.717, 1.165) is 6.42 Å². The monoisotopic (exact) mass is 1830 g/mol. The molecule has 1 atom stereocenters. The molecule has 9 amide bonds. The Morgan fingerprint density at radius 2 is 0.748 bits per heavy atom. The lowest BCUT2D eigenvalue weighted by molar-refractivity contribution is -0.122. The van der Waals surface area contributed by atoms with Crippen molar-refractivity contribution in [2.45, 2.75) is 146 Å². The lowest BCUT2D eigenvalue weighted by Gasteiger charge is -2.31. The van der Waals surface area contributed by atoms with Gasteiger partial charge in [0.05, 0.1) is 64.0 Å². The molecule has 131 heavy (non-hydrogen) atoms. The topological polar surface area (TPSA) is 437 Å². The van der Waals surface area contributed by atoms with Crippen molar-refractivity contribution in [3.05, 3.63) is 194 Å². The fourth-order valence-electron chi connectivity index (χ4n) is 14.8. The van der Waals surface area contributed by atoms with Crippen LogP contribution in [0.5, 0.6) is 11.5 Å². The molecule has 0 spiro atoms. The van der Waals surface area contributed by atoms with Gasteiger partial charge < -0.3 is 104 Å². The first-order valence-corrected chi connectivity index (χ1v) is 45.0. The third-order valence-corrected chi connectivity index (χ3v) is 22.0. The summed E-state index contributed by atoms with van der Waals surface area (Å²) in [5.74, 6) is -5.24. The van der Waals surface area contributed by atoms with Crippen molar-refractivity contribution in [2.75, 3.05) is 197 Å². The first-order valence-electron chi connectivity index (χ1n) is 45.0. The highest BCUT2D eigenvalue weighted by Crippen LogP contribution is 2.22. The average molecular weight is 1830 g/mol. The maximum Gasteiger partial charge on any atom is 0.407 e. The molecule has 6 aromatic rings. The SMILES string of the molecule is CCCOCCOCCN1CCNC(=O)Cn2c(C)cc(c(C)c2=O)C(=O)NCCN(CCN2CCNC(=O)c3cc(C)n(c(=O)c3OCc3ccccc3)CC(=O)NCCN(CCOCCOCCOC)CCNC(=O)Cn3c(C)cc(c(OCc4ccccc4)c3=O)C(=O)NC(CCCCNC(=O)OC(C)(C)C)C2)CCNC(=O)c2cc(C)n(c(=O)c2C)CC(=O)NCC1. The minimum atomic E-state index is -0.812. The van der Waals surface area contributed by atoms with Crippen molar-refractivity contribution in [3.8, 4) is 11.5 Å². The van der Waals surface area contributed by atoms with Crippen LogP contribution in [-0.4, -0.2) is 300 Å². The third-order valence-electron chi connectivity index (χ3n) is 22.0. The summed E-state index contributed by atoms with van der Waals surface area (Å²) in [5, 5.41) is 26.6. The number of carbonyl (C=O) groups excluding carboxylic acids is 9. The number of benzene rings is 2. The first kappa shape index (κ1) is 105. The molecular weight excluding hydrogens is 1690 g/mol. The van der Waals surface area contributed by atoms with Gasteiger partial charge in [-0.2, -0.15) is 0 Å². The molecule has 0 saturated carbocycles. The lowest BCUT2D eigenvalue weighted by atomic mass is 10.1. The zero-order chi connectivity index (χ0) is 94.8. The fourth-order valence-corrected chi connectivity index (χ4v) is 14.8. The Hall–Kier alpha value is -11.5. The highest BCUT2D eigenvalue weighted by atomic mass is 16.6. The predicted molar refractivity (Wildman–Crippen MR) is 492 cm³/mol. The number of amides is 9. The van der Waals surface area contributed by atoms with Gasteiger partial charge in [0, 0.05) is 196 Å². The maximum atomic E-state index is 15.6. The minimum Gasteiger partial charge on any atom is -0.482 e. The van der Waals surface area contributed by atoms with E-state index >= 15 is 14.4 Å². The van der Waals surface area contributed by atoms with E-state index in [2.05, 4.69) is 47.9 Å². The van der Waals surface area contributed by atoms with E-state index in [-0.39, 0.29) is 200 Å². The summed E-state index contributed by atoms with van der Waals surface area (Å²) in [7, 11) is 1.58. The average Bonchev–Trinajstić information content (AvgIpc) is 0.802. The van der Waals surface area contributed by atoms with Crippen LogP contribution in [0.25, 0.3) is 0 Å². The van der Waals surface area contributed by atoms with Crippen LogP contribution in [0.2, 0.25) is 0 Å². The summed E-state index contributed by atoms with van der Waals surface area (Å²) in [6, 6.07) is 23.2. The number of nitrogens with zero attached hydrogens (tertiary/aromatic N) is 8. The van der Waals surface area contributed by atoms with Crippen LogP contribution in [0.4, 0.5) is 4.79 Å². The highest BCUT2D eigenvalue weighted by Gasteiger charge is 2.29. The zero-order valence-electron chi connectivity index (χ0n) is 77.9. The van der Waals surface area contributed by atoms with Crippen LogP contribution in [0, 0.1) is 41.5 Å². The third kappa shape index (κ3) is 35.3. The molecule has 8 bridgehead atoms. The number of carbonyl (C=O) groups is 9. The quantitative estimate of drug-likeness (QED) is 0.0282. The lowest BCUT2D eigenvalue weighted by Crippen LogP contribution is -2.49. The van der Waals surface area contributed by atoms with Crippen molar-refractivity contribution in [1.29, 1.82) is 0 Å². The Morgan fingerprint density at radius 3 is 1.15 bits per heavy atom. The van der Waals surface area contributed by atoms with Gasteiger partial charge in [0.25, 0.3) is 45.9 Å². The Labute approximate surface area is 765 Å². The Morgan fingerprint density at radius 1 is 0.405 bits per heavy atom. The van der Waals surface area contributed by atoms with E-state index in [4.69, 9.17) is 37.9 Å². The van der Waals surface area contributed by atoms with Crippen LogP contribution in [-0.2, 0) is 87.0 Å². The van der Waals surface area contributed by atoms with E-state index in [1.807, 2.05) is 38.7 Å². The maximum absolute atomic E-state index is 15.6. The smallest absolute Gasteiger partial charge is 0.407 e. The summed E-state index contributed by atoms with van der Waals surface area (Å²) in [5.41, 5.74) is -0.848. The molecular formula is C93H135N17O21. The van der Waals surface area contributed by atoms with E-state index < -0.39 is 100 Å². The summed E-state index contributed by atoms with van der Waals surface area (Å²) in [4.78, 5) is 195. The standard InChI is InChI=1S/C93H135N17O21/c1-12-45-125-50-51-126-46-43-104-34-27-94-78(111)59-107-65(2)54-74(69(6)88(107)119)84(115)98-31-38-103(39-32-99-85(116)75-55-66(3)108(89(120)70(75)7)60-79(112)95-28-35-104)41-42-106-40-33-100-86(117)76-56-67(4)109(90(121)82(76)129-63-71-21-15-13-16-22-71)61-80(113)96-29-36-105(44-47-127-52-53-128-49-48-124-11)37-30-97-81(114)62-110-68(5)57-77(83(91(110)122)130-64-72-23-17-14-18-24-72)87(118)102-73(58-106)25-19-20-26-101-92(123)131-93(8,9)10/h13-18,21-24,54-57,73H,12,19-20,25-53,58-64H2,1-11H3,(H,94,111)(H,95,112)(H,96,113)(H,97,114)(H,98,115)(H,99,116)(H,100,117)(H,101,123)(H,102,118). The molecule has 8 aliphatic heterocycles. The molecule has 8 aliphatic rings. The van der Waals surface area contributed by atoms with Gasteiger partial charge in [-0.1, -0.05) is 67.6 Å². The molecule has 0 fully saturated rings. The highest BCUT2D eigenvalue weighted by molar-refractivity contribution is 5.98. The second-order valence-corrected chi connectivity index (χ2v) is 33.3. The van der Waals surface area contributed by atoms with E-state index in [1.165, 1.54) is 44.2 Å². The van der Waals surface area contributed by atoms with Crippen molar-refractivity contribution in [1.82, 2.24) is 85.7 Å². The second kappa shape index (κ2) is 55.0. The number of hydrogen-bond acceptors (Lipinski definition) is 25.